The van der Waals surface area contributed by atoms with Gasteiger partial charge in [-0.25, -0.2) is 28.4 Å². The van der Waals surface area contributed by atoms with E-state index in [0.717, 1.165) is 0 Å². The van der Waals surface area contributed by atoms with Gasteiger partial charge in [0.05, 0.1) is 82.6 Å². The molecule has 0 bridgehead atoms. The van der Waals surface area contributed by atoms with Crippen LogP contribution in [-0.2, 0) is 37.9 Å². The van der Waals surface area contributed by atoms with Crippen molar-refractivity contribution >= 4 is 0 Å². The van der Waals surface area contributed by atoms with E-state index in [1.54, 1.807) is 0 Å². The molecule has 0 aliphatic rings. The third-order valence-electron chi connectivity index (χ3n) is 5.12. The normalized spacial score (nSPS) is 13.1. The minimum Gasteiger partial charge on any atom is -0.554 e. The number of nitriles is 2. The van der Waals surface area contributed by atoms with Gasteiger partial charge in [0.1, 0.15) is 12.2 Å². The Kier molecular flexibility index (Phi) is 45.5. The van der Waals surface area contributed by atoms with E-state index in [0.29, 0.717) is 38.9 Å². The van der Waals surface area contributed by atoms with Gasteiger partial charge in [-0.1, -0.05) is 0 Å². The van der Waals surface area contributed by atoms with Gasteiger partial charge in [-0.05, 0) is 12.8 Å². The van der Waals surface area contributed by atoms with Crippen molar-refractivity contribution in [3.05, 3.63) is 28.4 Å². The third kappa shape index (κ3) is 38.5. The van der Waals surface area contributed by atoms with Gasteiger partial charge in [-0.3, -0.25) is 0 Å². The summed E-state index contributed by atoms with van der Waals surface area (Å²) >= 11 is 0. The SMILES string of the molecule is [CH2-]OCC(CO)(CO)CO[CH2-].[CH2-]OCC(O)COCC(O)COCCCC#N.[CH2-]OCC(O)COCC(O)COCCCC#N.[Rf].[Rf]. The summed E-state index contributed by atoms with van der Waals surface area (Å²) in [7, 11) is 12.6. The van der Waals surface area contributed by atoms with Crippen LogP contribution in [0.3, 0.4) is 0 Å². The quantitative estimate of drug-likeness (QED) is 0.0419. The predicted molar refractivity (Wildman–Crippen MR) is 159 cm³/mol. The molecule has 18 heteroatoms. The van der Waals surface area contributed by atoms with Crippen molar-refractivity contribution in [3.8, 4) is 12.1 Å². The minimum atomic E-state index is -0.774. The Labute approximate surface area is 267 Å². The Bertz CT molecular complexity index is 636. The maximum absolute atomic E-state index is 9.41. The second-order valence-electron chi connectivity index (χ2n) is 9.62. The molecule has 0 aromatic carbocycles. The first-order chi connectivity index (χ1) is 21.6. The Balaban J connectivity index is -0.000000188. The molecule has 0 spiro atoms. The summed E-state index contributed by atoms with van der Waals surface area (Å²) in [5, 5.41) is 71.5. The van der Waals surface area contributed by atoms with Crippen LogP contribution in [0.1, 0.15) is 25.7 Å². The first kappa shape index (κ1) is 52.9. The second kappa shape index (κ2) is 40.4. The monoisotopic (exact) mass is 1190 g/mol. The van der Waals surface area contributed by atoms with Crippen molar-refractivity contribution in [1.82, 2.24) is 0 Å². The number of hydrogen-bond acceptors (Lipinski definition) is 16. The zero-order valence-electron chi connectivity index (χ0n) is 27.6. The molecule has 0 saturated carbocycles. The fourth-order valence-electron chi connectivity index (χ4n) is 2.80. The topological polar surface area (TPSA) is 243 Å². The van der Waals surface area contributed by atoms with Crippen LogP contribution in [0.2, 0.25) is 0 Å². The van der Waals surface area contributed by atoms with Crippen LogP contribution in [0.15, 0.2) is 0 Å². The number of nitrogens with zero attached hydrogens (tertiary/aromatic N) is 2. The van der Waals surface area contributed by atoms with Crippen LogP contribution < -0.4 is 0 Å². The molecule has 0 aliphatic carbocycles. The Morgan fingerprint density at radius 1 is 0.511 bits per heavy atom. The van der Waals surface area contributed by atoms with Gasteiger partial charge in [0.25, 0.3) is 0 Å². The van der Waals surface area contributed by atoms with Crippen LogP contribution in [0.4, 0.5) is 0 Å². The Morgan fingerprint density at radius 3 is 1.06 bits per heavy atom. The van der Waals surface area contributed by atoms with Gasteiger partial charge in [-0.15, -0.1) is 0 Å². The maximum Gasteiger partial charge on any atom is 0.101 e. The summed E-state index contributed by atoms with van der Waals surface area (Å²) in [6.45, 7) is 1.63. The molecular formula is C29H54N2O14Rf2-4. The molecule has 4 atom stereocenters. The average Bonchev–Trinajstić information content (AvgIpc) is 3.01. The summed E-state index contributed by atoms with van der Waals surface area (Å²) < 4.78 is 38.4. The van der Waals surface area contributed by atoms with Crippen LogP contribution in [0, 0.1) is 56.5 Å². The molecule has 6 N–H and O–H groups in total. The molecule has 0 radical (unpaired) electrons. The number of aliphatic hydroxyl groups excluding tert-OH is 6. The standard InChI is InChI=1S/2C11H20NO5.C7H14O4.2Rf/c2*1-15-6-10(13)8-17-9-11(14)7-16-5-3-2-4-12;1-10-5-7(3-8,4-9)6-11-2;;/h2*10-11,13-14H,1-3,5-9H2;8-9H,1-6H2;;/q2*-1;-2;;. The molecule has 16 nitrogen and oxygen atoms in total. The zero-order valence-corrected chi connectivity index (χ0v) is 40.4. The van der Waals surface area contributed by atoms with Gasteiger partial charge < -0.3 is 68.5 Å². The molecule has 0 fully saturated rings. The fraction of sp³-hybridized carbons (Fsp3) is 0.793. The van der Waals surface area contributed by atoms with E-state index in [1.807, 2.05) is 12.1 Å². The van der Waals surface area contributed by atoms with Crippen molar-refractivity contribution in [2.45, 2.75) is 50.1 Å². The zero-order chi connectivity index (χ0) is 34.6. The van der Waals surface area contributed by atoms with E-state index in [1.165, 1.54) is 0 Å². The van der Waals surface area contributed by atoms with Gasteiger partial charge in [0.15, 0.2) is 0 Å². The Hall–Kier alpha value is -3.58. The Morgan fingerprint density at radius 2 is 0.809 bits per heavy atom. The summed E-state index contributed by atoms with van der Waals surface area (Å²) in [6, 6.07) is 4.01. The third-order valence-corrected chi connectivity index (χ3v) is 5.12. The largest absolute Gasteiger partial charge is 0.554 e. The van der Waals surface area contributed by atoms with Crippen molar-refractivity contribution in [2.75, 3.05) is 92.5 Å². The van der Waals surface area contributed by atoms with Crippen LogP contribution >= 0.6 is 0 Å². The first-order valence-corrected chi connectivity index (χ1v) is 14.1. The van der Waals surface area contributed by atoms with Crippen molar-refractivity contribution in [2.24, 2.45) is 5.41 Å². The van der Waals surface area contributed by atoms with Gasteiger partial charge in [0, 0.05) is 52.5 Å². The van der Waals surface area contributed by atoms with E-state index in [-0.39, 0.29) is 79.3 Å². The molecule has 0 aromatic rings. The molecule has 4 unspecified atom stereocenters. The van der Waals surface area contributed by atoms with Gasteiger partial charge >= 0.3 is 0 Å². The molecular weight excluding hydrogens is 1130 g/mol. The van der Waals surface area contributed by atoms with Crippen molar-refractivity contribution in [3.63, 3.8) is 0 Å². The maximum atomic E-state index is 9.41. The summed E-state index contributed by atoms with van der Waals surface area (Å²) in [6.07, 6.45) is -0.733. The fourth-order valence-corrected chi connectivity index (χ4v) is 2.80. The molecule has 47 heavy (non-hydrogen) atoms. The molecule has 272 valence electrons. The van der Waals surface area contributed by atoms with E-state index in [4.69, 9.17) is 39.7 Å². The average molecular weight is 1190 g/mol. The second-order valence-corrected chi connectivity index (χ2v) is 9.62. The van der Waals surface area contributed by atoms with Gasteiger partial charge in [-0.2, -0.15) is 10.5 Å². The molecule has 0 rings (SSSR count). The van der Waals surface area contributed by atoms with Crippen LogP contribution in [0.5, 0.6) is 0 Å². The summed E-state index contributed by atoms with van der Waals surface area (Å²) in [5.74, 6) is 0. The number of ether oxygens (including phenoxy) is 8. The summed E-state index contributed by atoms with van der Waals surface area (Å²) in [4.78, 5) is 0. The van der Waals surface area contributed by atoms with E-state index in [2.05, 4.69) is 47.4 Å². The molecule has 0 amide bonds. The van der Waals surface area contributed by atoms with Gasteiger partial charge in [0.2, 0.25) is 0 Å². The molecule has 0 aromatic heterocycles. The molecule has 0 saturated heterocycles. The van der Waals surface area contributed by atoms with Crippen LogP contribution in [0.25, 0.3) is 0 Å². The number of aliphatic hydroxyl groups is 6. The van der Waals surface area contributed by atoms with Crippen LogP contribution in [-0.4, -0.2) is 148 Å². The smallest absolute Gasteiger partial charge is 0.101 e. The number of hydrogen-bond donors (Lipinski definition) is 6. The summed E-state index contributed by atoms with van der Waals surface area (Å²) in [5.41, 5.74) is -0.774. The molecule has 0 heterocycles. The van der Waals surface area contributed by atoms with E-state index < -0.39 is 29.8 Å². The van der Waals surface area contributed by atoms with E-state index >= 15 is 0 Å². The molecule has 0 aliphatic heterocycles. The number of unbranched alkanes of at least 4 members (excludes halogenated alkanes) is 2. The van der Waals surface area contributed by atoms with Crippen molar-refractivity contribution in [1.29, 1.82) is 10.5 Å². The minimum absolute atomic E-state index is 0. The van der Waals surface area contributed by atoms with E-state index in [9.17, 15) is 20.4 Å². The number of rotatable bonds is 28. The predicted octanol–water partition coefficient (Wildman–Crippen LogP) is -0.719. The first-order valence-electron chi connectivity index (χ1n) is 14.1. The van der Waals surface area contributed by atoms with Crippen molar-refractivity contribution < 1.29 is 68.5 Å².